The number of nitrogens with zero attached hydrogens (tertiary/aromatic N) is 1. The van der Waals surface area contributed by atoms with Crippen molar-refractivity contribution in [2.45, 2.75) is 10.3 Å². The zero-order valence-corrected chi connectivity index (χ0v) is 24.7. The van der Waals surface area contributed by atoms with E-state index in [-0.39, 0.29) is 5.37 Å². The number of rotatable bonds is 2. The van der Waals surface area contributed by atoms with Gasteiger partial charge in [-0.05, 0) is 81.7 Å². The van der Waals surface area contributed by atoms with E-state index in [0.717, 1.165) is 0 Å². The lowest BCUT2D eigenvalue weighted by molar-refractivity contribution is 1.12. The Balaban J connectivity index is 1.11. The molecule has 202 valence electrons. The smallest absolute Gasteiger partial charge is 0.103 e. The van der Waals surface area contributed by atoms with E-state index in [1.807, 2.05) is 23.1 Å². The molecule has 10 rings (SSSR count). The van der Waals surface area contributed by atoms with Gasteiger partial charge in [0.15, 0.2) is 0 Å². The van der Waals surface area contributed by atoms with Gasteiger partial charge in [-0.2, -0.15) is 0 Å². The summed E-state index contributed by atoms with van der Waals surface area (Å²) < 4.78 is 5.13. The molecule has 9 aromatic rings. The fourth-order valence-corrected chi connectivity index (χ4v) is 9.21. The van der Waals surface area contributed by atoms with Gasteiger partial charge in [-0.3, -0.25) is 0 Å². The zero-order valence-electron chi connectivity index (χ0n) is 23.0. The maximum Gasteiger partial charge on any atom is 0.103 e. The van der Waals surface area contributed by atoms with Crippen molar-refractivity contribution in [2.24, 2.45) is 0 Å². The molecule has 0 radical (unpaired) electrons. The van der Waals surface area contributed by atoms with Gasteiger partial charge in [-0.15, -0.1) is 11.3 Å². The third kappa shape index (κ3) is 3.48. The minimum absolute atomic E-state index is 0.180. The van der Waals surface area contributed by atoms with Crippen molar-refractivity contribution in [3.63, 3.8) is 0 Å². The Labute approximate surface area is 256 Å². The lowest BCUT2D eigenvalue weighted by Gasteiger charge is -2.14. The third-order valence-electron chi connectivity index (χ3n) is 8.98. The summed E-state index contributed by atoms with van der Waals surface area (Å²) >= 11 is 3.79. The number of nitrogens with one attached hydrogen (secondary N) is 1. The summed E-state index contributed by atoms with van der Waals surface area (Å²) in [5.41, 5.74) is 6.22. The highest BCUT2D eigenvalue weighted by atomic mass is 32.2. The molecule has 0 spiro atoms. The number of thioether (sulfide) groups is 1. The van der Waals surface area contributed by atoms with Crippen LogP contribution in [0.4, 0.5) is 5.69 Å². The highest BCUT2D eigenvalue weighted by molar-refractivity contribution is 8.00. The lowest BCUT2D eigenvalue weighted by Crippen LogP contribution is -2.02. The van der Waals surface area contributed by atoms with Crippen LogP contribution < -0.4 is 5.32 Å². The van der Waals surface area contributed by atoms with E-state index in [1.165, 1.54) is 85.4 Å². The van der Waals surface area contributed by atoms with Crippen molar-refractivity contribution >= 4 is 92.3 Å². The molecule has 43 heavy (non-hydrogen) atoms. The maximum atomic E-state index is 3.89. The first-order valence-corrected chi connectivity index (χ1v) is 16.3. The van der Waals surface area contributed by atoms with Crippen molar-refractivity contribution < 1.29 is 0 Å². The number of hydrogen-bond acceptors (Lipinski definition) is 3. The van der Waals surface area contributed by atoms with Crippen molar-refractivity contribution in [3.05, 3.63) is 139 Å². The topological polar surface area (TPSA) is 17.0 Å². The summed E-state index contributed by atoms with van der Waals surface area (Å²) in [7, 11) is 0. The molecule has 3 heterocycles. The number of anilines is 1. The third-order valence-corrected chi connectivity index (χ3v) is 11.3. The molecule has 7 aromatic carbocycles. The minimum Gasteiger partial charge on any atom is -0.368 e. The van der Waals surface area contributed by atoms with E-state index in [1.54, 1.807) is 0 Å². The van der Waals surface area contributed by atoms with E-state index in [4.69, 9.17) is 0 Å². The first-order valence-electron chi connectivity index (χ1n) is 14.6. The van der Waals surface area contributed by atoms with Crippen LogP contribution >= 0.6 is 23.1 Å². The molecule has 1 unspecified atom stereocenters. The Kier molecular flexibility index (Phi) is 4.90. The molecule has 0 aliphatic carbocycles. The van der Waals surface area contributed by atoms with Crippen LogP contribution in [0.25, 0.3) is 69.2 Å². The molecular weight excluding hydrogens is 561 g/mol. The molecule has 0 saturated heterocycles. The lowest BCUT2D eigenvalue weighted by atomic mass is 10.0. The fraction of sp³-hybridized carbons (Fsp3) is 0.0256. The van der Waals surface area contributed by atoms with E-state index >= 15 is 0 Å². The Morgan fingerprint density at radius 2 is 1.14 bits per heavy atom. The monoisotopic (exact) mass is 584 g/mol. The molecule has 0 amide bonds. The largest absolute Gasteiger partial charge is 0.368 e. The summed E-state index contributed by atoms with van der Waals surface area (Å²) in [5, 5.41) is 14.4. The van der Waals surface area contributed by atoms with E-state index in [2.05, 4.69) is 143 Å². The van der Waals surface area contributed by atoms with Crippen LogP contribution in [-0.4, -0.2) is 4.57 Å². The van der Waals surface area contributed by atoms with Crippen molar-refractivity contribution in [1.82, 2.24) is 4.57 Å². The molecular formula is C39H24N2S2. The zero-order chi connectivity index (χ0) is 28.1. The van der Waals surface area contributed by atoms with Crippen molar-refractivity contribution in [1.29, 1.82) is 0 Å². The SMILES string of the molecule is c1ccc2cc3c(cc2c1)c1cc2ccccc2cc1n3-c1ccc(C2Nc3c(ccc4sc5ccccc5c34)S2)cc1. The van der Waals surface area contributed by atoms with Crippen molar-refractivity contribution in [3.8, 4) is 5.69 Å². The average molecular weight is 585 g/mol. The second-order valence-corrected chi connectivity index (χ2v) is 13.6. The molecule has 0 bridgehead atoms. The van der Waals surface area contributed by atoms with Gasteiger partial charge < -0.3 is 9.88 Å². The molecule has 1 atom stereocenters. The van der Waals surface area contributed by atoms with Gasteiger partial charge >= 0.3 is 0 Å². The predicted octanol–water partition coefficient (Wildman–Crippen LogP) is 11.7. The van der Waals surface area contributed by atoms with Gasteiger partial charge in [-0.1, -0.05) is 90.6 Å². The fourth-order valence-electron chi connectivity index (χ4n) is 6.94. The van der Waals surface area contributed by atoms with Crippen LogP contribution in [0, 0.1) is 0 Å². The summed E-state index contributed by atoms with van der Waals surface area (Å²) in [6, 6.07) is 49.3. The Bertz CT molecular complexity index is 2480. The molecule has 1 aliphatic heterocycles. The van der Waals surface area contributed by atoms with Crippen LogP contribution in [0.3, 0.4) is 0 Å². The number of benzene rings is 7. The highest BCUT2D eigenvalue weighted by Crippen LogP contribution is 2.52. The first-order chi connectivity index (χ1) is 21.3. The van der Waals surface area contributed by atoms with E-state index < -0.39 is 0 Å². The second-order valence-electron chi connectivity index (χ2n) is 11.4. The van der Waals surface area contributed by atoms with Gasteiger partial charge in [-0.25, -0.2) is 0 Å². The number of thiophene rings is 1. The van der Waals surface area contributed by atoms with Crippen LogP contribution in [0.2, 0.25) is 0 Å². The van der Waals surface area contributed by atoms with Crippen LogP contribution in [-0.2, 0) is 0 Å². The van der Waals surface area contributed by atoms with Crippen LogP contribution in [0.1, 0.15) is 10.9 Å². The number of fused-ring (bicyclic) bond motifs is 10. The summed E-state index contributed by atoms with van der Waals surface area (Å²) in [5.74, 6) is 0. The molecule has 0 fully saturated rings. The Morgan fingerprint density at radius 1 is 0.535 bits per heavy atom. The predicted molar refractivity (Wildman–Crippen MR) is 187 cm³/mol. The molecule has 2 nitrogen and oxygen atoms in total. The highest BCUT2D eigenvalue weighted by Gasteiger charge is 2.26. The summed E-state index contributed by atoms with van der Waals surface area (Å²) in [6.07, 6.45) is 0. The van der Waals surface area contributed by atoms with Crippen LogP contribution in [0.15, 0.2) is 138 Å². The minimum atomic E-state index is 0.180. The second kappa shape index (κ2) is 8.87. The normalized spacial score (nSPS) is 14.8. The van der Waals surface area contributed by atoms with Gasteiger partial charge in [0.1, 0.15) is 5.37 Å². The number of aromatic nitrogens is 1. The van der Waals surface area contributed by atoms with E-state index in [9.17, 15) is 0 Å². The summed E-state index contributed by atoms with van der Waals surface area (Å²) in [4.78, 5) is 1.33. The maximum absolute atomic E-state index is 3.89. The van der Waals surface area contributed by atoms with Gasteiger partial charge in [0.2, 0.25) is 0 Å². The summed E-state index contributed by atoms with van der Waals surface area (Å²) in [6.45, 7) is 0. The Hall–Kier alpha value is -4.77. The van der Waals surface area contributed by atoms with E-state index in [0.29, 0.717) is 0 Å². The first kappa shape index (κ1) is 23.8. The van der Waals surface area contributed by atoms with Crippen molar-refractivity contribution in [2.75, 3.05) is 5.32 Å². The molecule has 0 saturated carbocycles. The molecule has 4 heteroatoms. The van der Waals surface area contributed by atoms with Gasteiger partial charge in [0, 0.05) is 41.5 Å². The van der Waals surface area contributed by atoms with Gasteiger partial charge in [0.25, 0.3) is 0 Å². The van der Waals surface area contributed by atoms with Gasteiger partial charge in [0.05, 0.1) is 16.7 Å². The average Bonchev–Trinajstić information content (AvgIpc) is 3.74. The standard InChI is InChI=1S/C39H24N2S2/c1-3-9-26-21-32-30(19-24(26)7-1)31-20-25-8-2-4-10-27(25)22-33(31)41(32)28-15-13-23(14-16-28)39-40-38-36(43-39)18-17-35-37(38)29-11-5-6-12-34(29)42-35/h1-22,39-40H. The quantitative estimate of drug-likeness (QED) is 0.218. The molecule has 2 aromatic heterocycles. The van der Waals surface area contributed by atoms with Crippen LogP contribution in [0.5, 0.6) is 0 Å². The Morgan fingerprint density at radius 3 is 1.81 bits per heavy atom. The number of hydrogen-bond donors (Lipinski definition) is 1. The molecule has 1 N–H and O–H groups in total. The molecule has 1 aliphatic rings.